The number of aromatic nitrogens is 3. The van der Waals surface area contributed by atoms with Gasteiger partial charge in [0.2, 0.25) is 5.91 Å². The molecular formula is C14H19ClN4O. The number of nitrogens with zero attached hydrogens (tertiary/aromatic N) is 4. The van der Waals surface area contributed by atoms with Gasteiger partial charge in [0.05, 0.1) is 0 Å². The molecule has 0 atom stereocenters. The van der Waals surface area contributed by atoms with E-state index < -0.39 is 0 Å². The molecule has 20 heavy (non-hydrogen) atoms. The third kappa shape index (κ3) is 2.93. The second kappa shape index (κ2) is 6.22. The molecule has 2 aromatic rings. The third-order valence-electron chi connectivity index (χ3n) is 3.28. The smallest absolute Gasteiger partial charge is 0.223 e. The van der Waals surface area contributed by atoms with Crippen molar-refractivity contribution < 1.29 is 4.79 Å². The molecule has 0 bridgehead atoms. The van der Waals surface area contributed by atoms with Crippen LogP contribution in [-0.4, -0.2) is 45.3 Å². The van der Waals surface area contributed by atoms with Crippen molar-refractivity contribution in [1.82, 2.24) is 19.4 Å². The van der Waals surface area contributed by atoms with E-state index in [9.17, 15) is 4.79 Å². The second-order valence-electron chi connectivity index (χ2n) is 4.96. The summed E-state index contributed by atoms with van der Waals surface area (Å²) in [5.74, 6) is 1.49. The molecule has 0 radical (unpaired) electrons. The van der Waals surface area contributed by atoms with Crippen LogP contribution < -0.4 is 0 Å². The Bertz CT molecular complexity index is 621. The number of amides is 1. The molecule has 0 saturated carbocycles. The van der Waals surface area contributed by atoms with E-state index in [1.165, 1.54) is 0 Å². The van der Waals surface area contributed by atoms with Crippen molar-refractivity contribution in [2.24, 2.45) is 0 Å². The first-order valence-electron chi connectivity index (χ1n) is 6.61. The second-order valence-corrected chi connectivity index (χ2v) is 5.33. The van der Waals surface area contributed by atoms with Gasteiger partial charge in [0.15, 0.2) is 5.65 Å². The van der Waals surface area contributed by atoms with Gasteiger partial charge in [-0.1, -0.05) is 0 Å². The summed E-state index contributed by atoms with van der Waals surface area (Å²) in [7, 11) is 3.52. The lowest BCUT2D eigenvalue weighted by Crippen LogP contribution is -2.23. The summed E-state index contributed by atoms with van der Waals surface area (Å²) in [6, 6.07) is 1.94. The van der Waals surface area contributed by atoms with Crippen LogP contribution in [0.25, 0.3) is 11.2 Å². The molecule has 0 saturated heterocycles. The lowest BCUT2D eigenvalue weighted by molar-refractivity contribution is -0.128. The fourth-order valence-corrected chi connectivity index (χ4v) is 2.29. The van der Waals surface area contributed by atoms with Gasteiger partial charge in [0, 0.05) is 45.6 Å². The van der Waals surface area contributed by atoms with Crippen LogP contribution in [-0.2, 0) is 17.8 Å². The molecule has 0 unspecified atom stereocenters. The highest BCUT2D eigenvalue weighted by atomic mass is 35.5. The molecule has 5 nitrogen and oxygen atoms in total. The van der Waals surface area contributed by atoms with Crippen LogP contribution >= 0.6 is 11.6 Å². The Labute approximate surface area is 123 Å². The quantitative estimate of drug-likeness (QED) is 0.793. The van der Waals surface area contributed by atoms with Gasteiger partial charge in [-0.25, -0.2) is 9.97 Å². The number of alkyl halides is 1. The maximum Gasteiger partial charge on any atom is 0.223 e. The average Bonchev–Trinajstić information content (AvgIpc) is 2.76. The number of aryl methyl sites for hydroxylation is 3. The molecule has 0 fully saturated rings. The van der Waals surface area contributed by atoms with Crippen LogP contribution in [0.15, 0.2) is 12.3 Å². The molecule has 0 aromatic carbocycles. The Morgan fingerprint density at radius 3 is 2.85 bits per heavy atom. The van der Waals surface area contributed by atoms with Crippen molar-refractivity contribution in [2.75, 3.05) is 20.0 Å². The monoisotopic (exact) mass is 294 g/mol. The number of hydrogen-bond donors (Lipinski definition) is 0. The Morgan fingerprint density at radius 2 is 2.20 bits per heavy atom. The minimum atomic E-state index is 0.0938. The van der Waals surface area contributed by atoms with Crippen molar-refractivity contribution >= 4 is 28.7 Å². The number of fused-ring (bicyclic) bond motifs is 1. The predicted octanol–water partition coefficient (Wildman–Crippen LogP) is 2.00. The fraction of sp³-hybridized carbons (Fsp3) is 0.500. The minimum absolute atomic E-state index is 0.0938. The number of carbonyl (C=O) groups excluding carboxylic acids is 1. The number of rotatable bonds is 5. The highest BCUT2D eigenvalue weighted by Gasteiger charge is 2.14. The first kappa shape index (κ1) is 14.8. The molecule has 0 aliphatic carbocycles. The molecule has 0 N–H and O–H groups in total. The predicted molar refractivity (Wildman–Crippen MR) is 80.0 cm³/mol. The van der Waals surface area contributed by atoms with Gasteiger partial charge in [-0.2, -0.15) is 0 Å². The normalized spacial score (nSPS) is 11.0. The van der Waals surface area contributed by atoms with Crippen LogP contribution in [0.3, 0.4) is 0 Å². The number of halogens is 1. The van der Waals surface area contributed by atoms with Crippen molar-refractivity contribution in [3.63, 3.8) is 0 Å². The summed E-state index contributed by atoms with van der Waals surface area (Å²) >= 11 is 5.84. The highest BCUT2D eigenvalue weighted by Crippen LogP contribution is 2.18. The van der Waals surface area contributed by atoms with E-state index in [0.717, 1.165) is 22.6 Å². The van der Waals surface area contributed by atoms with E-state index in [0.29, 0.717) is 25.3 Å². The van der Waals surface area contributed by atoms with Gasteiger partial charge >= 0.3 is 0 Å². The molecule has 2 rings (SSSR count). The van der Waals surface area contributed by atoms with E-state index in [1.54, 1.807) is 25.2 Å². The Kier molecular flexibility index (Phi) is 4.60. The van der Waals surface area contributed by atoms with Crippen molar-refractivity contribution in [3.05, 3.63) is 23.7 Å². The molecule has 0 spiro atoms. The summed E-state index contributed by atoms with van der Waals surface area (Å²) in [6.45, 7) is 2.59. The van der Waals surface area contributed by atoms with Crippen LogP contribution in [0.4, 0.5) is 0 Å². The fourth-order valence-electron chi connectivity index (χ4n) is 2.12. The minimum Gasteiger partial charge on any atom is -0.349 e. The summed E-state index contributed by atoms with van der Waals surface area (Å²) in [5, 5.41) is 0. The van der Waals surface area contributed by atoms with Gasteiger partial charge in [0.25, 0.3) is 0 Å². The SMILES string of the molecule is Cc1ccnc2c1nc(CCCl)n2CCC(=O)N(C)C. The number of hydrogen-bond acceptors (Lipinski definition) is 3. The summed E-state index contributed by atoms with van der Waals surface area (Å²) in [6.07, 6.45) is 2.88. The lowest BCUT2D eigenvalue weighted by Gasteiger charge is -2.12. The molecule has 0 aliphatic rings. The Hall–Kier alpha value is -1.62. The topological polar surface area (TPSA) is 51.0 Å². The van der Waals surface area contributed by atoms with Gasteiger partial charge in [0.1, 0.15) is 11.3 Å². The summed E-state index contributed by atoms with van der Waals surface area (Å²) in [5.41, 5.74) is 2.81. The van der Waals surface area contributed by atoms with Crippen molar-refractivity contribution in [2.45, 2.75) is 26.3 Å². The molecule has 0 aliphatic heterocycles. The first-order chi connectivity index (χ1) is 9.54. The van der Waals surface area contributed by atoms with E-state index >= 15 is 0 Å². The zero-order valence-corrected chi connectivity index (χ0v) is 12.8. The zero-order valence-electron chi connectivity index (χ0n) is 12.1. The van der Waals surface area contributed by atoms with E-state index in [-0.39, 0.29) is 5.91 Å². The van der Waals surface area contributed by atoms with E-state index in [1.807, 2.05) is 17.6 Å². The largest absolute Gasteiger partial charge is 0.349 e. The van der Waals surface area contributed by atoms with Gasteiger partial charge < -0.3 is 9.47 Å². The van der Waals surface area contributed by atoms with Crippen LogP contribution in [0, 0.1) is 6.92 Å². The highest BCUT2D eigenvalue weighted by molar-refractivity contribution is 6.17. The molecule has 1 amide bonds. The zero-order chi connectivity index (χ0) is 14.7. The Morgan fingerprint density at radius 1 is 1.45 bits per heavy atom. The van der Waals surface area contributed by atoms with Gasteiger partial charge in [-0.05, 0) is 18.6 Å². The van der Waals surface area contributed by atoms with Gasteiger partial charge in [-0.3, -0.25) is 4.79 Å². The number of imidazole rings is 1. The van der Waals surface area contributed by atoms with E-state index in [2.05, 4.69) is 9.97 Å². The molecular weight excluding hydrogens is 276 g/mol. The maximum absolute atomic E-state index is 11.8. The van der Waals surface area contributed by atoms with Crippen LogP contribution in [0.1, 0.15) is 17.8 Å². The standard InChI is InChI=1S/C14H19ClN4O/c1-10-5-8-16-14-13(10)17-11(4-7-15)19(14)9-6-12(20)18(2)3/h5,8H,4,6-7,9H2,1-3H3. The Balaban J connectivity index is 2.36. The van der Waals surface area contributed by atoms with Crippen LogP contribution in [0.2, 0.25) is 0 Å². The summed E-state index contributed by atoms with van der Waals surface area (Å²) in [4.78, 5) is 22.4. The van der Waals surface area contributed by atoms with Gasteiger partial charge in [-0.15, -0.1) is 11.6 Å². The summed E-state index contributed by atoms with van der Waals surface area (Å²) < 4.78 is 2.01. The molecule has 108 valence electrons. The van der Waals surface area contributed by atoms with Crippen molar-refractivity contribution in [3.8, 4) is 0 Å². The third-order valence-corrected chi connectivity index (χ3v) is 3.47. The average molecular weight is 295 g/mol. The number of pyridine rings is 1. The lowest BCUT2D eigenvalue weighted by atomic mass is 10.3. The van der Waals surface area contributed by atoms with Crippen molar-refractivity contribution in [1.29, 1.82) is 0 Å². The maximum atomic E-state index is 11.8. The molecule has 6 heteroatoms. The van der Waals surface area contributed by atoms with Crippen LogP contribution in [0.5, 0.6) is 0 Å². The molecule has 2 heterocycles. The van der Waals surface area contributed by atoms with E-state index in [4.69, 9.17) is 11.6 Å². The number of carbonyl (C=O) groups is 1. The molecule has 2 aromatic heterocycles. The first-order valence-corrected chi connectivity index (χ1v) is 7.15.